The van der Waals surface area contributed by atoms with E-state index in [1.165, 1.54) is 7.11 Å². The summed E-state index contributed by atoms with van der Waals surface area (Å²) in [5.74, 6) is -0.474. The molecule has 1 aliphatic rings. The number of rotatable bonds is 5. The third-order valence-electron chi connectivity index (χ3n) is 5.38. The van der Waals surface area contributed by atoms with Gasteiger partial charge in [0, 0.05) is 21.3 Å². The highest BCUT2D eigenvalue weighted by atomic mass is 35.5. The number of anilines is 2. The van der Waals surface area contributed by atoms with Crippen molar-refractivity contribution in [3.05, 3.63) is 93.1 Å². The molecule has 0 saturated carbocycles. The molecule has 7 heteroatoms. The largest absolute Gasteiger partial charge is 0.496 e. The van der Waals surface area contributed by atoms with E-state index in [0.717, 1.165) is 10.5 Å². The van der Waals surface area contributed by atoms with Gasteiger partial charge in [0.25, 0.3) is 11.8 Å². The van der Waals surface area contributed by atoms with Crippen LogP contribution >= 0.6 is 23.2 Å². The van der Waals surface area contributed by atoms with Crippen LogP contribution in [0.4, 0.5) is 11.4 Å². The lowest BCUT2D eigenvalue weighted by molar-refractivity contribution is -0.120. The van der Waals surface area contributed by atoms with Crippen molar-refractivity contribution in [1.82, 2.24) is 0 Å². The highest BCUT2D eigenvalue weighted by Gasteiger charge is 2.42. The highest BCUT2D eigenvalue weighted by Crippen LogP contribution is 2.39. The number of imide groups is 1. The van der Waals surface area contributed by atoms with Crippen molar-refractivity contribution in [2.45, 2.75) is 13.8 Å². The lowest BCUT2D eigenvalue weighted by atomic mass is 10.0. The van der Waals surface area contributed by atoms with Gasteiger partial charge in [-0.05, 0) is 55.3 Å². The Morgan fingerprint density at radius 2 is 1.62 bits per heavy atom. The summed E-state index contributed by atoms with van der Waals surface area (Å²) in [6.07, 6.45) is 0. The number of methoxy groups -OCH3 is 1. The summed E-state index contributed by atoms with van der Waals surface area (Å²) in [5.41, 5.74) is 3.42. The van der Waals surface area contributed by atoms with Crippen molar-refractivity contribution in [3.63, 3.8) is 0 Å². The Hall–Kier alpha value is -3.28. The molecule has 0 atom stereocenters. The maximum Gasteiger partial charge on any atom is 0.282 e. The van der Waals surface area contributed by atoms with Crippen LogP contribution in [0.1, 0.15) is 16.7 Å². The molecule has 1 aliphatic heterocycles. The molecule has 32 heavy (non-hydrogen) atoms. The number of hydrogen-bond acceptors (Lipinski definition) is 4. The van der Waals surface area contributed by atoms with Gasteiger partial charge in [-0.2, -0.15) is 0 Å². The number of benzene rings is 3. The van der Waals surface area contributed by atoms with Crippen molar-refractivity contribution in [2.75, 3.05) is 17.3 Å². The van der Waals surface area contributed by atoms with E-state index in [4.69, 9.17) is 27.9 Å². The molecule has 0 aromatic heterocycles. The number of amides is 2. The molecule has 0 unspecified atom stereocenters. The fraction of sp³-hybridized carbons (Fsp3) is 0.120. The molecule has 0 fully saturated rings. The predicted molar refractivity (Wildman–Crippen MR) is 128 cm³/mol. The normalized spacial score (nSPS) is 13.7. The topological polar surface area (TPSA) is 58.6 Å². The summed E-state index contributed by atoms with van der Waals surface area (Å²) in [7, 11) is 1.52. The lowest BCUT2D eigenvalue weighted by Crippen LogP contribution is -2.33. The van der Waals surface area contributed by atoms with E-state index >= 15 is 0 Å². The first-order chi connectivity index (χ1) is 15.3. The zero-order chi connectivity index (χ0) is 23.0. The number of nitrogens with one attached hydrogen (secondary N) is 1. The van der Waals surface area contributed by atoms with Crippen LogP contribution in [0.5, 0.6) is 5.75 Å². The van der Waals surface area contributed by atoms with E-state index < -0.39 is 11.8 Å². The third-order valence-corrected chi connectivity index (χ3v) is 6.20. The van der Waals surface area contributed by atoms with Gasteiger partial charge >= 0.3 is 0 Å². The Bertz CT molecular complexity index is 1280. The molecule has 3 aromatic carbocycles. The molecule has 0 aliphatic carbocycles. The van der Waals surface area contributed by atoms with Crippen LogP contribution in [0.2, 0.25) is 10.0 Å². The monoisotopic (exact) mass is 466 g/mol. The Balaban J connectivity index is 1.89. The number of halogens is 2. The Morgan fingerprint density at radius 3 is 2.34 bits per heavy atom. The minimum atomic E-state index is -0.488. The van der Waals surface area contributed by atoms with Gasteiger partial charge in [-0.1, -0.05) is 53.5 Å². The zero-order valence-corrected chi connectivity index (χ0v) is 19.2. The van der Waals surface area contributed by atoms with Crippen LogP contribution in [0.25, 0.3) is 5.57 Å². The van der Waals surface area contributed by atoms with Gasteiger partial charge in [-0.15, -0.1) is 0 Å². The van der Waals surface area contributed by atoms with Gasteiger partial charge in [0.15, 0.2) is 0 Å². The van der Waals surface area contributed by atoms with Gasteiger partial charge in [0.2, 0.25) is 0 Å². The standard InChI is InChI=1S/C25H20Cl2N2O3/c1-14-11-12-16(13-19(14)27)28-23-22(17-7-4-5-10-21(17)32-3)24(30)29(25(23)31)20-9-6-8-18(26)15(20)2/h4-13,28H,1-3H3. The highest BCUT2D eigenvalue weighted by molar-refractivity contribution is 6.47. The van der Waals surface area contributed by atoms with E-state index in [1.54, 1.807) is 61.5 Å². The predicted octanol–water partition coefficient (Wildman–Crippen LogP) is 6.02. The van der Waals surface area contributed by atoms with Gasteiger partial charge in [0.05, 0.1) is 18.4 Å². The Kier molecular flexibility index (Phi) is 5.96. The fourth-order valence-corrected chi connectivity index (χ4v) is 3.97. The first-order valence-electron chi connectivity index (χ1n) is 9.88. The Morgan fingerprint density at radius 1 is 0.875 bits per heavy atom. The average molecular weight is 467 g/mol. The summed E-state index contributed by atoms with van der Waals surface area (Å²) >= 11 is 12.5. The van der Waals surface area contributed by atoms with E-state index in [1.807, 2.05) is 13.0 Å². The first kappa shape index (κ1) is 21.9. The number of carbonyl (C=O) groups is 2. The maximum absolute atomic E-state index is 13.7. The molecule has 0 bridgehead atoms. The molecular formula is C25H20Cl2N2O3. The maximum atomic E-state index is 13.7. The molecular weight excluding hydrogens is 447 g/mol. The van der Waals surface area contributed by atoms with E-state index in [-0.39, 0.29) is 11.3 Å². The summed E-state index contributed by atoms with van der Waals surface area (Å²) in [5, 5.41) is 4.13. The van der Waals surface area contributed by atoms with Crippen LogP contribution in [0, 0.1) is 13.8 Å². The molecule has 2 amide bonds. The number of hydrogen-bond donors (Lipinski definition) is 1. The third kappa shape index (κ3) is 3.74. The molecule has 0 saturated heterocycles. The molecule has 0 spiro atoms. The number of carbonyl (C=O) groups excluding carboxylic acids is 2. The minimum absolute atomic E-state index is 0.138. The van der Waals surface area contributed by atoms with Crippen LogP contribution in [-0.2, 0) is 9.59 Å². The van der Waals surface area contributed by atoms with E-state index in [2.05, 4.69) is 5.32 Å². The molecule has 1 N–H and O–H groups in total. The smallest absolute Gasteiger partial charge is 0.282 e. The number of ether oxygens (including phenoxy) is 1. The molecule has 162 valence electrons. The summed E-state index contributed by atoms with van der Waals surface area (Å²) in [4.78, 5) is 28.4. The van der Waals surface area contributed by atoms with Gasteiger partial charge in [-0.3, -0.25) is 9.59 Å². The van der Waals surface area contributed by atoms with E-state index in [0.29, 0.717) is 38.3 Å². The molecule has 3 aromatic rings. The van der Waals surface area contributed by atoms with Gasteiger partial charge in [-0.25, -0.2) is 4.90 Å². The van der Waals surface area contributed by atoms with Crippen LogP contribution < -0.4 is 15.0 Å². The van der Waals surface area contributed by atoms with Crippen molar-refractivity contribution < 1.29 is 14.3 Å². The molecule has 1 heterocycles. The van der Waals surface area contributed by atoms with Crippen LogP contribution in [-0.4, -0.2) is 18.9 Å². The summed E-state index contributed by atoms with van der Waals surface area (Å²) in [6, 6.07) is 17.6. The second kappa shape index (κ2) is 8.69. The quantitative estimate of drug-likeness (QED) is 0.467. The Labute approximate surface area is 196 Å². The van der Waals surface area contributed by atoms with Crippen LogP contribution in [0.15, 0.2) is 66.4 Å². The minimum Gasteiger partial charge on any atom is -0.496 e. The second-order valence-electron chi connectivity index (χ2n) is 7.37. The van der Waals surface area contributed by atoms with Gasteiger partial charge in [0.1, 0.15) is 11.4 Å². The van der Waals surface area contributed by atoms with Crippen molar-refractivity contribution >= 4 is 52.0 Å². The molecule has 5 nitrogen and oxygen atoms in total. The van der Waals surface area contributed by atoms with Crippen molar-refractivity contribution in [2.24, 2.45) is 0 Å². The number of nitrogens with zero attached hydrogens (tertiary/aromatic N) is 1. The van der Waals surface area contributed by atoms with Crippen molar-refractivity contribution in [3.8, 4) is 5.75 Å². The number of aryl methyl sites for hydroxylation is 1. The SMILES string of the molecule is COc1ccccc1C1=C(Nc2ccc(C)c(Cl)c2)C(=O)N(c2cccc(Cl)c2C)C1=O. The fourth-order valence-electron chi connectivity index (χ4n) is 3.62. The molecule has 4 rings (SSSR count). The van der Waals surface area contributed by atoms with Crippen LogP contribution in [0.3, 0.4) is 0 Å². The summed E-state index contributed by atoms with van der Waals surface area (Å²) < 4.78 is 5.47. The summed E-state index contributed by atoms with van der Waals surface area (Å²) in [6.45, 7) is 3.66. The van der Waals surface area contributed by atoms with E-state index in [9.17, 15) is 9.59 Å². The lowest BCUT2D eigenvalue weighted by Gasteiger charge is -2.18. The van der Waals surface area contributed by atoms with Crippen molar-refractivity contribution in [1.29, 1.82) is 0 Å². The first-order valence-corrected chi connectivity index (χ1v) is 10.6. The average Bonchev–Trinajstić information content (AvgIpc) is 3.02. The number of para-hydroxylation sites is 1. The second-order valence-corrected chi connectivity index (χ2v) is 8.18. The molecule has 0 radical (unpaired) electrons. The zero-order valence-electron chi connectivity index (χ0n) is 17.7. The van der Waals surface area contributed by atoms with Gasteiger partial charge < -0.3 is 10.1 Å².